The highest BCUT2D eigenvalue weighted by atomic mass is 35.5. The maximum absolute atomic E-state index is 6.26. The third kappa shape index (κ3) is 5.29. The lowest BCUT2D eigenvalue weighted by molar-refractivity contribution is -0.0945. The van der Waals surface area contributed by atoms with E-state index in [9.17, 15) is 0 Å². The van der Waals surface area contributed by atoms with Gasteiger partial charge in [-0.05, 0) is 31.0 Å². The number of halogens is 1. The molecule has 2 N–H and O–H groups in total. The van der Waals surface area contributed by atoms with Crippen LogP contribution in [-0.4, -0.2) is 45.9 Å². The molecule has 0 unspecified atom stereocenters. The van der Waals surface area contributed by atoms with Gasteiger partial charge in [0.25, 0.3) is 0 Å². The summed E-state index contributed by atoms with van der Waals surface area (Å²) in [6.45, 7) is 8.21. The molecule has 0 bridgehead atoms. The number of hydrogen-bond donors (Lipinski definition) is 2. The average Bonchev–Trinajstić information content (AvgIpc) is 2.52. The predicted octanol–water partition coefficient (Wildman–Crippen LogP) is 2.48. The van der Waals surface area contributed by atoms with Gasteiger partial charge in [0.15, 0.2) is 5.96 Å². The van der Waals surface area contributed by atoms with Gasteiger partial charge in [-0.15, -0.1) is 0 Å². The van der Waals surface area contributed by atoms with Crippen molar-refractivity contribution >= 4 is 17.6 Å². The third-order valence-corrected chi connectivity index (χ3v) is 4.16. The van der Waals surface area contributed by atoms with Gasteiger partial charge in [0, 0.05) is 23.5 Å². The summed E-state index contributed by atoms with van der Waals surface area (Å²) in [6.07, 6.45) is 0.827. The molecule has 1 aromatic carbocycles. The molecule has 1 aliphatic rings. The van der Waals surface area contributed by atoms with Gasteiger partial charge in [-0.25, -0.2) is 0 Å². The third-order valence-electron chi connectivity index (χ3n) is 3.81. The van der Waals surface area contributed by atoms with Crippen LogP contribution in [-0.2, 0) is 11.2 Å². The molecule has 2 rings (SSSR count). The molecule has 1 aliphatic heterocycles. The van der Waals surface area contributed by atoms with Crippen molar-refractivity contribution in [3.63, 3.8) is 0 Å². The second kappa shape index (κ2) is 8.41. The van der Waals surface area contributed by atoms with Crippen LogP contribution in [0.15, 0.2) is 23.2 Å². The smallest absolute Gasteiger partial charge is 0.191 e. The molecule has 128 valence electrons. The first-order valence-corrected chi connectivity index (χ1v) is 8.36. The fourth-order valence-corrected chi connectivity index (χ4v) is 2.59. The molecule has 0 radical (unpaired) electrons. The van der Waals surface area contributed by atoms with Gasteiger partial charge >= 0.3 is 0 Å². The van der Waals surface area contributed by atoms with Crippen LogP contribution in [0.25, 0.3) is 0 Å². The van der Waals surface area contributed by atoms with Crippen LogP contribution >= 0.6 is 11.6 Å². The quantitative estimate of drug-likeness (QED) is 0.592. The molecule has 0 saturated carbocycles. The Morgan fingerprint density at radius 2 is 2.17 bits per heavy atom. The van der Waals surface area contributed by atoms with E-state index in [1.165, 1.54) is 0 Å². The highest BCUT2D eigenvalue weighted by molar-refractivity contribution is 6.31. The highest BCUT2D eigenvalue weighted by Gasteiger charge is 2.33. The topological polar surface area (TPSA) is 54.9 Å². The summed E-state index contributed by atoms with van der Waals surface area (Å²) in [5.74, 6) is 1.61. The summed E-state index contributed by atoms with van der Waals surface area (Å²) in [5.41, 5.74) is 1.27. The van der Waals surface area contributed by atoms with Crippen molar-refractivity contribution in [1.29, 1.82) is 0 Å². The van der Waals surface area contributed by atoms with E-state index in [0.29, 0.717) is 0 Å². The van der Waals surface area contributed by atoms with Gasteiger partial charge < -0.3 is 20.1 Å². The molecular formula is C17H26ClN3O2. The summed E-state index contributed by atoms with van der Waals surface area (Å²) in [4.78, 5) is 4.65. The van der Waals surface area contributed by atoms with Crippen molar-refractivity contribution < 1.29 is 9.47 Å². The van der Waals surface area contributed by atoms with Crippen LogP contribution in [0.1, 0.15) is 19.4 Å². The van der Waals surface area contributed by atoms with E-state index >= 15 is 0 Å². The Hall–Kier alpha value is -1.46. The average molecular weight is 340 g/mol. The minimum Gasteiger partial charge on any atom is -0.497 e. The molecule has 1 aromatic rings. The number of guanidine groups is 1. The van der Waals surface area contributed by atoms with Gasteiger partial charge in [-0.1, -0.05) is 24.6 Å². The van der Waals surface area contributed by atoms with Gasteiger partial charge in [0.2, 0.25) is 0 Å². The Bertz CT molecular complexity index is 545. The summed E-state index contributed by atoms with van der Waals surface area (Å²) in [7, 11) is 1.64. The fraction of sp³-hybridized carbons (Fsp3) is 0.588. The predicted molar refractivity (Wildman–Crippen MR) is 94.6 cm³/mol. The molecule has 5 nitrogen and oxygen atoms in total. The van der Waals surface area contributed by atoms with Crippen molar-refractivity contribution in [2.45, 2.75) is 20.3 Å². The Labute approximate surface area is 143 Å². The lowest BCUT2D eigenvalue weighted by atomic mass is 9.89. The fourth-order valence-electron chi connectivity index (χ4n) is 2.33. The number of benzene rings is 1. The first kappa shape index (κ1) is 17.9. The monoisotopic (exact) mass is 339 g/mol. The minimum absolute atomic E-state index is 0.182. The summed E-state index contributed by atoms with van der Waals surface area (Å²) >= 11 is 6.26. The number of rotatable bonds is 7. The molecule has 0 amide bonds. The SMILES string of the molecule is CCNC(=NCC1(C)COC1)NCCc1ccc(OC)cc1Cl. The number of aliphatic imine (C=N–C) groups is 1. The Balaban J connectivity index is 1.85. The van der Waals surface area contributed by atoms with Crippen LogP contribution in [0.4, 0.5) is 0 Å². The zero-order valence-corrected chi connectivity index (χ0v) is 14.9. The number of nitrogens with zero attached hydrogens (tertiary/aromatic N) is 1. The summed E-state index contributed by atoms with van der Waals surface area (Å²) < 4.78 is 10.4. The van der Waals surface area contributed by atoms with E-state index in [-0.39, 0.29) is 5.41 Å². The number of ether oxygens (including phenoxy) is 2. The maximum atomic E-state index is 6.26. The number of hydrogen-bond acceptors (Lipinski definition) is 3. The lowest BCUT2D eigenvalue weighted by Gasteiger charge is -2.36. The van der Waals surface area contributed by atoms with Gasteiger partial charge in [-0.2, -0.15) is 0 Å². The maximum Gasteiger partial charge on any atom is 0.191 e. The van der Waals surface area contributed by atoms with Crippen LogP contribution in [0.5, 0.6) is 5.75 Å². The van der Waals surface area contributed by atoms with Crippen LogP contribution in [0.2, 0.25) is 5.02 Å². The minimum atomic E-state index is 0.182. The van der Waals surface area contributed by atoms with E-state index in [2.05, 4.69) is 29.5 Å². The molecule has 0 aromatic heterocycles. The molecule has 1 fully saturated rings. The Morgan fingerprint density at radius 3 is 2.74 bits per heavy atom. The molecule has 0 atom stereocenters. The lowest BCUT2D eigenvalue weighted by Crippen LogP contribution is -2.44. The Morgan fingerprint density at radius 1 is 1.39 bits per heavy atom. The van der Waals surface area contributed by atoms with Crippen molar-refractivity contribution in [1.82, 2.24) is 10.6 Å². The van der Waals surface area contributed by atoms with Crippen LogP contribution in [0, 0.1) is 5.41 Å². The highest BCUT2D eigenvalue weighted by Crippen LogP contribution is 2.26. The molecule has 1 saturated heterocycles. The van der Waals surface area contributed by atoms with E-state index < -0.39 is 0 Å². The molecule has 0 aliphatic carbocycles. The van der Waals surface area contributed by atoms with Crippen LogP contribution in [0.3, 0.4) is 0 Å². The normalized spacial score (nSPS) is 16.6. The largest absolute Gasteiger partial charge is 0.497 e. The van der Waals surface area contributed by atoms with E-state index in [1.807, 2.05) is 18.2 Å². The zero-order valence-electron chi connectivity index (χ0n) is 14.1. The summed E-state index contributed by atoms with van der Waals surface area (Å²) in [5, 5.41) is 7.35. The molecule has 23 heavy (non-hydrogen) atoms. The van der Waals surface area contributed by atoms with Gasteiger partial charge in [-0.3, -0.25) is 4.99 Å². The van der Waals surface area contributed by atoms with Crippen molar-refractivity contribution in [2.75, 3.05) is 40.0 Å². The van der Waals surface area contributed by atoms with Crippen molar-refractivity contribution in [3.8, 4) is 5.75 Å². The number of methoxy groups -OCH3 is 1. The van der Waals surface area contributed by atoms with E-state index in [4.69, 9.17) is 21.1 Å². The van der Waals surface area contributed by atoms with Gasteiger partial charge in [0.05, 0.1) is 26.9 Å². The molecule has 0 spiro atoms. The first-order valence-electron chi connectivity index (χ1n) is 7.99. The van der Waals surface area contributed by atoms with Crippen molar-refractivity contribution in [3.05, 3.63) is 28.8 Å². The molecule has 1 heterocycles. The van der Waals surface area contributed by atoms with Crippen molar-refractivity contribution in [2.24, 2.45) is 10.4 Å². The molecule has 6 heteroatoms. The zero-order chi connectivity index (χ0) is 16.7. The molecular weight excluding hydrogens is 314 g/mol. The first-order chi connectivity index (χ1) is 11.1. The second-order valence-electron chi connectivity index (χ2n) is 6.13. The van der Waals surface area contributed by atoms with Gasteiger partial charge in [0.1, 0.15) is 5.75 Å². The van der Waals surface area contributed by atoms with Crippen LogP contribution < -0.4 is 15.4 Å². The van der Waals surface area contributed by atoms with E-state index in [0.717, 1.165) is 61.6 Å². The second-order valence-corrected chi connectivity index (χ2v) is 6.54. The summed E-state index contributed by atoms with van der Waals surface area (Å²) in [6, 6.07) is 5.77. The standard InChI is InChI=1S/C17H26ClN3O2/c1-4-19-16(21-10-17(2)11-23-12-17)20-8-7-13-5-6-14(22-3)9-15(13)18/h5-6,9H,4,7-8,10-12H2,1-3H3,(H2,19,20,21). The number of nitrogens with one attached hydrogen (secondary N) is 2. The Kier molecular flexibility index (Phi) is 6.54. The van der Waals surface area contributed by atoms with E-state index in [1.54, 1.807) is 7.11 Å².